The molecule has 0 aromatic carbocycles. The van der Waals surface area contributed by atoms with Gasteiger partial charge in [-0.15, -0.1) is 0 Å². The van der Waals surface area contributed by atoms with E-state index in [-0.39, 0.29) is 29.2 Å². The Kier molecular flexibility index (Phi) is 4.34. The summed E-state index contributed by atoms with van der Waals surface area (Å²) in [6, 6.07) is 0.255. The van der Waals surface area contributed by atoms with Crippen LogP contribution in [0.3, 0.4) is 0 Å². The second-order valence-electron chi connectivity index (χ2n) is 5.99. The average Bonchev–Trinajstić information content (AvgIpc) is 2.52. The Hall–Kier alpha value is -0.860. The van der Waals surface area contributed by atoms with Crippen LogP contribution in [0.4, 0.5) is 0 Å². The molecule has 1 fully saturated rings. The van der Waals surface area contributed by atoms with E-state index in [0.29, 0.717) is 0 Å². The summed E-state index contributed by atoms with van der Waals surface area (Å²) in [5.41, 5.74) is -0.165. The van der Waals surface area contributed by atoms with Crippen molar-refractivity contribution in [3.8, 4) is 0 Å². The number of likely N-dealkylation sites (tertiary alicyclic amines) is 1. The molecular formula is C14H25NO2. The summed E-state index contributed by atoms with van der Waals surface area (Å²) < 4.78 is 0. The Morgan fingerprint density at radius 1 is 1.35 bits per heavy atom. The first-order chi connectivity index (χ1) is 7.81. The van der Waals surface area contributed by atoms with Crippen LogP contribution in [0.1, 0.15) is 60.3 Å². The van der Waals surface area contributed by atoms with Gasteiger partial charge in [-0.3, -0.25) is 9.59 Å². The van der Waals surface area contributed by atoms with Crippen molar-refractivity contribution in [2.75, 3.05) is 0 Å². The molecular weight excluding hydrogens is 214 g/mol. The lowest BCUT2D eigenvalue weighted by atomic mass is 10.0. The van der Waals surface area contributed by atoms with Gasteiger partial charge in [0.25, 0.3) is 5.91 Å². The normalized spacial score (nSPS) is 23.2. The lowest BCUT2D eigenvalue weighted by Gasteiger charge is -2.35. The molecule has 0 aromatic rings. The highest BCUT2D eigenvalue weighted by Gasteiger charge is 2.44. The fourth-order valence-corrected chi connectivity index (χ4v) is 2.68. The first-order valence-corrected chi connectivity index (χ1v) is 6.68. The summed E-state index contributed by atoms with van der Waals surface area (Å²) in [4.78, 5) is 26.0. The van der Waals surface area contributed by atoms with E-state index in [4.69, 9.17) is 0 Å². The average molecular weight is 239 g/mol. The van der Waals surface area contributed by atoms with Crippen LogP contribution in [0, 0.1) is 5.92 Å². The van der Waals surface area contributed by atoms with Crippen LogP contribution < -0.4 is 0 Å². The van der Waals surface area contributed by atoms with E-state index < -0.39 is 0 Å². The molecule has 3 nitrogen and oxygen atoms in total. The van der Waals surface area contributed by atoms with Crippen molar-refractivity contribution in [1.29, 1.82) is 0 Å². The van der Waals surface area contributed by atoms with Gasteiger partial charge in [-0.05, 0) is 33.1 Å². The first kappa shape index (κ1) is 14.2. The third-order valence-corrected chi connectivity index (χ3v) is 3.68. The highest BCUT2D eigenvalue weighted by molar-refractivity contribution is 6.36. The van der Waals surface area contributed by atoms with E-state index in [0.717, 1.165) is 25.7 Å². The maximum Gasteiger partial charge on any atom is 0.290 e. The SMILES string of the molecule is CCCC1CCC(C)(C)N1C(=O)C(=O)C(C)C. The first-order valence-electron chi connectivity index (χ1n) is 6.68. The van der Waals surface area contributed by atoms with Crippen LogP contribution in [-0.2, 0) is 9.59 Å². The van der Waals surface area contributed by atoms with Gasteiger partial charge in [0, 0.05) is 17.5 Å². The predicted octanol–water partition coefficient (Wildman–Crippen LogP) is 2.78. The summed E-state index contributed by atoms with van der Waals surface area (Å²) in [6.07, 6.45) is 4.08. The molecule has 1 aliphatic heterocycles. The van der Waals surface area contributed by atoms with Gasteiger partial charge in [0.1, 0.15) is 0 Å². The molecule has 0 saturated carbocycles. The largest absolute Gasteiger partial charge is 0.328 e. The second-order valence-corrected chi connectivity index (χ2v) is 5.99. The van der Waals surface area contributed by atoms with E-state index in [2.05, 4.69) is 20.8 Å². The second kappa shape index (κ2) is 5.19. The zero-order valence-corrected chi connectivity index (χ0v) is 11.7. The quantitative estimate of drug-likeness (QED) is 0.707. The van der Waals surface area contributed by atoms with E-state index in [1.54, 1.807) is 13.8 Å². The molecule has 1 saturated heterocycles. The van der Waals surface area contributed by atoms with Crippen LogP contribution in [0.5, 0.6) is 0 Å². The fourth-order valence-electron chi connectivity index (χ4n) is 2.68. The highest BCUT2D eigenvalue weighted by atomic mass is 16.2. The molecule has 1 heterocycles. The minimum Gasteiger partial charge on any atom is -0.328 e. The topological polar surface area (TPSA) is 37.4 Å². The van der Waals surface area contributed by atoms with Gasteiger partial charge >= 0.3 is 0 Å². The Balaban J connectivity index is 2.89. The van der Waals surface area contributed by atoms with Gasteiger partial charge in [0.15, 0.2) is 0 Å². The number of carbonyl (C=O) groups is 2. The summed E-state index contributed by atoms with van der Waals surface area (Å²) in [5.74, 6) is -0.733. The maximum atomic E-state index is 12.3. The number of nitrogens with zero attached hydrogens (tertiary/aromatic N) is 1. The molecule has 1 amide bonds. The fraction of sp³-hybridized carbons (Fsp3) is 0.857. The van der Waals surface area contributed by atoms with Crippen molar-refractivity contribution in [2.24, 2.45) is 5.92 Å². The molecule has 0 N–H and O–H groups in total. The maximum absolute atomic E-state index is 12.3. The molecule has 98 valence electrons. The molecule has 0 spiro atoms. The summed E-state index contributed by atoms with van der Waals surface area (Å²) in [5, 5.41) is 0. The molecule has 17 heavy (non-hydrogen) atoms. The van der Waals surface area contributed by atoms with Gasteiger partial charge < -0.3 is 4.90 Å². The number of carbonyl (C=O) groups excluding carboxylic acids is 2. The molecule has 1 aliphatic rings. The van der Waals surface area contributed by atoms with Gasteiger partial charge in [-0.2, -0.15) is 0 Å². The Morgan fingerprint density at radius 3 is 2.41 bits per heavy atom. The summed E-state index contributed by atoms with van der Waals surface area (Å²) in [7, 11) is 0. The third kappa shape index (κ3) is 2.88. The van der Waals surface area contributed by atoms with Crippen molar-refractivity contribution >= 4 is 11.7 Å². The van der Waals surface area contributed by atoms with Crippen molar-refractivity contribution in [1.82, 2.24) is 4.90 Å². The molecule has 0 bridgehead atoms. The number of amides is 1. The van der Waals surface area contributed by atoms with Gasteiger partial charge in [0.05, 0.1) is 0 Å². The number of ketones is 1. The zero-order chi connectivity index (χ0) is 13.2. The van der Waals surface area contributed by atoms with Crippen molar-refractivity contribution < 1.29 is 9.59 Å². The Morgan fingerprint density at radius 2 is 1.94 bits per heavy atom. The number of Topliss-reactive ketones (excluding diaryl/α,β-unsaturated/α-hetero) is 1. The van der Waals surface area contributed by atoms with Gasteiger partial charge in [-0.1, -0.05) is 27.2 Å². The van der Waals surface area contributed by atoms with Crippen LogP contribution >= 0.6 is 0 Å². The minimum absolute atomic E-state index is 0.165. The molecule has 0 aliphatic carbocycles. The van der Waals surface area contributed by atoms with Crippen LogP contribution in [0.2, 0.25) is 0 Å². The highest BCUT2D eigenvalue weighted by Crippen LogP contribution is 2.35. The summed E-state index contributed by atoms with van der Waals surface area (Å²) in [6.45, 7) is 9.83. The summed E-state index contributed by atoms with van der Waals surface area (Å²) >= 11 is 0. The third-order valence-electron chi connectivity index (χ3n) is 3.68. The number of rotatable bonds is 4. The standard InChI is InChI=1S/C14H25NO2/c1-6-7-11-8-9-14(4,5)15(11)13(17)12(16)10(2)3/h10-11H,6-9H2,1-5H3. The monoisotopic (exact) mass is 239 g/mol. The predicted molar refractivity (Wildman–Crippen MR) is 68.7 cm³/mol. The molecule has 1 unspecified atom stereocenters. The number of hydrogen-bond acceptors (Lipinski definition) is 2. The van der Waals surface area contributed by atoms with Gasteiger partial charge in [0.2, 0.25) is 5.78 Å². The zero-order valence-electron chi connectivity index (χ0n) is 11.7. The molecule has 1 atom stereocenters. The Labute approximate surface area is 105 Å². The van der Waals surface area contributed by atoms with Crippen molar-refractivity contribution in [2.45, 2.75) is 71.9 Å². The van der Waals surface area contributed by atoms with Crippen LogP contribution in [-0.4, -0.2) is 28.2 Å². The molecule has 1 rings (SSSR count). The molecule has 0 radical (unpaired) electrons. The number of hydrogen-bond donors (Lipinski definition) is 0. The van der Waals surface area contributed by atoms with Crippen molar-refractivity contribution in [3.05, 3.63) is 0 Å². The van der Waals surface area contributed by atoms with E-state index >= 15 is 0 Å². The van der Waals surface area contributed by atoms with E-state index in [9.17, 15) is 9.59 Å². The van der Waals surface area contributed by atoms with E-state index in [1.807, 2.05) is 4.90 Å². The molecule has 0 aromatic heterocycles. The van der Waals surface area contributed by atoms with Crippen LogP contribution in [0.25, 0.3) is 0 Å². The van der Waals surface area contributed by atoms with E-state index in [1.165, 1.54) is 0 Å². The lowest BCUT2D eigenvalue weighted by Crippen LogP contribution is -2.50. The molecule has 3 heteroatoms. The van der Waals surface area contributed by atoms with Crippen molar-refractivity contribution in [3.63, 3.8) is 0 Å². The smallest absolute Gasteiger partial charge is 0.290 e. The van der Waals surface area contributed by atoms with Crippen LogP contribution in [0.15, 0.2) is 0 Å². The lowest BCUT2D eigenvalue weighted by molar-refractivity contribution is -0.150. The van der Waals surface area contributed by atoms with Gasteiger partial charge in [-0.25, -0.2) is 0 Å². The minimum atomic E-state index is -0.277. The Bertz CT molecular complexity index is 307.